The first-order chi connectivity index (χ1) is 12.8. The standard InChI is InChI=1S/C14H11NO11S/c16-1-10(2-17)27-13(5-20,6-21)12(3-18,4-19)14(7-22,11(25)26)15(8-23)9-24/h1-10H,(H,25,26)/t14-/m1/s1. The van der Waals surface area contributed by atoms with Gasteiger partial charge in [0.1, 0.15) is 47.7 Å². The number of nitrogens with zero attached hydrogens (tertiary/aromatic N) is 1. The number of carbonyl (C=O) groups excluding carboxylic acids is 9. The Morgan fingerprint density at radius 3 is 1.44 bits per heavy atom. The number of carboxylic acid groups (broad SMARTS) is 1. The molecule has 144 valence electrons. The lowest BCUT2D eigenvalue weighted by Crippen LogP contribution is -2.74. The molecular formula is C14H11NO11S. The molecule has 1 N–H and O–H groups in total. The van der Waals surface area contributed by atoms with Gasteiger partial charge in [-0.25, -0.2) is 4.79 Å². The van der Waals surface area contributed by atoms with E-state index in [0.717, 1.165) is 0 Å². The maximum atomic E-state index is 11.8. The van der Waals surface area contributed by atoms with Crippen molar-refractivity contribution in [2.24, 2.45) is 5.41 Å². The normalized spacial score (nSPS) is 13.4. The third kappa shape index (κ3) is 3.23. The molecule has 0 heterocycles. The van der Waals surface area contributed by atoms with E-state index >= 15 is 0 Å². The molecule has 0 aliphatic carbocycles. The van der Waals surface area contributed by atoms with Crippen LogP contribution in [0.25, 0.3) is 0 Å². The molecule has 13 heteroatoms. The first kappa shape index (κ1) is 23.6. The zero-order valence-electron chi connectivity index (χ0n) is 13.2. The van der Waals surface area contributed by atoms with E-state index in [4.69, 9.17) is 0 Å². The van der Waals surface area contributed by atoms with E-state index in [0.29, 0.717) is 0 Å². The zero-order valence-corrected chi connectivity index (χ0v) is 14.0. The summed E-state index contributed by atoms with van der Waals surface area (Å²) in [6, 6.07) is 0. The second-order valence-electron chi connectivity index (χ2n) is 4.80. The summed E-state index contributed by atoms with van der Waals surface area (Å²) in [6.07, 6.45) is -3.99. The average Bonchev–Trinajstić information content (AvgIpc) is 2.70. The lowest BCUT2D eigenvalue weighted by atomic mass is 9.63. The smallest absolute Gasteiger partial charge is 0.339 e. The number of aliphatic carboxylic acids is 1. The number of hydrogen-bond donors (Lipinski definition) is 1. The molecule has 0 aromatic heterocycles. The quantitative estimate of drug-likeness (QED) is 0.212. The molecule has 0 fully saturated rings. The summed E-state index contributed by atoms with van der Waals surface area (Å²) in [4.78, 5) is 114. The van der Waals surface area contributed by atoms with Crippen LogP contribution in [0.5, 0.6) is 0 Å². The van der Waals surface area contributed by atoms with Gasteiger partial charge in [0.15, 0.2) is 11.7 Å². The third-order valence-electron chi connectivity index (χ3n) is 3.73. The van der Waals surface area contributed by atoms with Gasteiger partial charge in [0.25, 0.3) is 0 Å². The van der Waals surface area contributed by atoms with Crippen LogP contribution in [-0.4, -0.2) is 88.3 Å². The molecule has 27 heavy (non-hydrogen) atoms. The Bertz CT molecular complexity index is 659. The van der Waals surface area contributed by atoms with Crippen LogP contribution < -0.4 is 0 Å². The summed E-state index contributed by atoms with van der Waals surface area (Å²) in [5, 5.41) is 7.62. The van der Waals surface area contributed by atoms with Crippen molar-refractivity contribution >= 4 is 74.6 Å². The maximum absolute atomic E-state index is 11.8. The molecule has 12 nitrogen and oxygen atoms in total. The minimum atomic E-state index is -3.68. The summed E-state index contributed by atoms with van der Waals surface area (Å²) in [7, 11) is 0. The molecule has 0 saturated carbocycles. The number of aldehydes is 7. The summed E-state index contributed by atoms with van der Waals surface area (Å²) in [6.45, 7) is 0. The number of rotatable bonds is 15. The van der Waals surface area contributed by atoms with Crippen LogP contribution in [0.1, 0.15) is 0 Å². The second-order valence-corrected chi connectivity index (χ2v) is 6.25. The third-order valence-corrected chi connectivity index (χ3v) is 5.14. The van der Waals surface area contributed by atoms with Gasteiger partial charge in [-0.2, -0.15) is 0 Å². The molecule has 0 aliphatic rings. The number of carboxylic acids is 1. The highest BCUT2D eigenvalue weighted by atomic mass is 32.2. The van der Waals surface area contributed by atoms with Gasteiger partial charge >= 0.3 is 5.97 Å². The molecule has 0 unspecified atom stereocenters. The Kier molecular flexibility index (Phi) is 8.21. The monoisotopic (exact) mass is 401 g/mol. The van der Waals surface area contributed by atoms with E-state index in [2.05, 4.69) is 0 Å². The van der Waals surface area contributed by atoms with Gasteiger partial charge in [0.2, 0.25) is 18.4 Å². The van der Waals surface area contributed by atoms with E-state index in [1.165, 1.54) is 0 Å². The molecule has 0 radical (unpaired) electrons. The molecular weight excluding hydrogens is 390 g/mol. The zero-order chi connectivity index (χ0) is 21.3. The first-order valence-corrected chi connectivity index (χ1v) is 7.47. The number of amides is 2. The molecule has 0 spiro atoms. The summed E-state index contributed by atoms with van der Waals surface area (Å²) < 4.78 is -3.15. The molecule has 0 bridgehead atoms. The Morgan fingerprint density at radius 1 is 0.778 bits per heavy atom. The largest absolute Gasteiger partial charge is 0.479 e. The highest BCUT2D eigenvalue weighted by Gasteiger charge is 2.72. The molecule has 0 aromatic carbocycles. The summed E-state index contributed by atoms with van der Waals surface area (Å²) in [5.41, 5.74) is -7.20. The van der Waals surface area contributed by atoms with Crippen molar-refractivity contribution < 1.29 is 53.1 Å². The van der Waals surface area contributed by atoms with Crippen LogP contribution in [0.4, 0.5) is 0 Å². The topological polar surface area (TPSA) is 194 Å². The lowest BCUT2D eigenvalue weighted by molar-refractivity contribution is -0.174. The van der Waals surface area contributed by atoms with Crippen molar-refractivity contribution in [1.29, 1.82) is 0 Å². The number of imide groups is 1. The van der Waals surface area contributed by atoms with Crippen LogP contribution in [0.15, 0.2) is 0 Å². The van der Waals surface area contributed by atoms with Crippen molar-refractivity contribution in [2.75, 3.05) is 0 Å². The van der Waals surface area contributed by atoms with Gasteiger partial charge in [-0.15, -0.1) is 11.8 Å². The van der Waals surface area contributed by atoms with Gasteiger partial charge < -0.3 is 33.9 Å². The van der Waals surface area contributed by atoms with Crippen LogP contribution in [0.3, 0.4) is 0 Å². The van der Waals surface area contributed by atoms with E-state index in [9.17, 15) is 53.1 Å². The van der Waals surface area contributed by atoms with Crippen LogP contribution in [0, 0.1) is 5.41 Å². The molecule has 1 atom stereocenters. The summed E-state index contributed by atoms with van der Waals surface area (Å²) >= 11 is -0.224. The number of thioether (sulfide) groups is 1. The predicted molar refractivity (Wildman–Crippen MR) is 83.3 cm³/mol. The summed E-state index contributed by atoms with van der Waals surface area (Å²) in [5.74, 6) is -2.42. The first-order valence-electron chi connectivity index (χ1n) is 6.59. The fourth-order valence-corrected chi connectivity index (χ4v) is 3.40. The van der Waals surface area contributed by atoms with E-state index in [1.54, 1.807) is 0 Å². The minimum absolute atomic E-state index is 0.0969. The highest BCUT2D eigenvalue weighted by molar-refractivity contribution is 8.03. The molecule has 0 saturated heterocycles. The van der Waals surface area contributed by atoms with Gasteiger partial charge in [0, 0.05) is 0 Å². The predicted octanol–water partition coefficient (Wildman–Crippen LogP) is -3.36. The average molecular weight is 401 g/mol. The van der Waals surface area contributed by atoms with Crippen molar-refractivity contribution in [1.82, 2.24) is 4.90 Å². The molecule has 0 aromatic rings. The number of carbonyl (C=O) groups is 10. The maximum Gasteiger partial charge on any atom is 0.339 e. The van der Waals surface area contributed by atoms with Crippen LogP contribution in [0.2, 0.25) is 0 Å². The van der Waals surface area contributed by atoms with Gasteiger partial charge in [0.05, 0.1) is 0 Å². The van der Waals surface area contributed by atoms with E-state index in [-0.39, 0.29) is 24.3 Å². The molecule has 2 amide bonds. The molecule has 0 aliphatic heterocycles. The van der Waals surface area contributed by atoms with Crippen LogP contribution >= 0.6 is 11.8 Å². The Hall–Kier alpha value is -3.35. The van der Waals surface area contributed by atoms with Crippen molar-refractivity contribution in [2.45, 2.75) is 15.5 Å². The fourth-order valence-electron chi connectivity index (χ4n) is 2.28. The minimum Gasteiger partial charge on any atom is -0.479 e. The van der Waals surface area contributed by atoms with Crippen molar-refractivity contribution in [3.63, 3.8) is 0 Å². The van der Waals surface area contributed by atoms with Gasteiger partial charge in [-0.05, 0) is 0 Å². The Labute approximate surface area is 154 Å². The number of hydrogen-bond acceptors (Lipinski definition) is 11. The fraction of sp³-hybridized carbons (Fsp3) is 0.286. The van der Waals surface area contributed by atoms with Crippen LogP contribution in [-0.2, 0) is 47.9 Å². The highest BCUT2D eigenvalue weighted by Crippen LogP contribution is 2.47. The second kappa shape index (κ2) is 9.38. The van der Waals surface area contributed by atoms with Crippen molar-refractivity contribution in [3.8, 4) is 0 Å². The van der Waals surface area contributed by atoms with Gasteiger partial charge in [-0.3, -0.25) is 19.3 Å². The van der Waals surface area contributed by atoms with Gasteiger partial charge in [-0.1, -0.05) is 0 Å². The lowest BCUT2D eigenvalue weighted by Gasteiger charge is -2.46. The Morgan fingerprint density at radius 2 is 1.22 bits per heavy atom. The Balaban J connectivity index is 7.40. The van der Waals surface area contributed by atoms with Crippen molar-refractivity contribution in [3.05, 3.63) is 0 Å². The SMILES string of the molecule is O=CC(C=O)SC(C=O)(C=O)C(C=O)(C=O)[C@@](C=O)(C(=O)O)N(C=O)C=O. The van der Waals surface area contributed by atoms with E-state index < -0.39 is 76.1 Å². The molecule has 0 rings (SSSR count). The van der Waals surface area contributed by atoms with E-state index in [1.807, 2.05) is 0 Å².